The molecule has 0 saturated carbocycles. The summed E-state index contributed by atoms with van der Waals surface area (Å²) in [5, 5.41) is 14.3. The van der Waals surface area contributed by atoms with Gasteiger partial charge in [0.25, 0.3) is 5.89 Å². The smallest absolute Gasteiger partial charge is 0.265 e. The summed E-state index contributed by atoms with van der Waals surface area (Å²) in [5.41, 5.74) is 9.23. The van der Waals surface area contributed by atoms with Crippen LogP contribution in [0.3, 0.4) is 0 Å². The van der Waals surface area contributed by atoms with Gasteiger partial charge < -0.3 is 25.6 Å². The van der Waals surface area contributed by atoms with Crippen molar-refractivity contribution in [2.75, 3.05) is 30.0 Å². The predicted octanol–water partition coefficient (Wildman–Crippen LogP) is 3.57. The van der Waals surface area contributed by atoms with Gasteiger partial charge in [0.2, 0.25) is 11.7 Å². The minimum absolute atomic E-state index is 0.111. The number of para-hydroxylation sites is 2. The van der Waals surface area contributed by atoms with E-state index in [-0.39, 0.29) is 24.2 Å². The molecule has 0 aliphatic rings. The molecule has 0 aliphatic carbocycles. The number of carbonyl (C=O) groups is 1. The highest BCUT2D eigenvalue weighted by Crippen LogP contribution is 2.34. The van der Waals surface area contributed by atoms with Crippen LogP contribution in [0.15, 0.2) is 53.1 Å². The summed E-state index contributed by atoms with van der Waals surface area (Å²) in [4.78, 5) is 17.2. The molecule has 0 unspecified atom stereocenters. The van der Waals surface area contributed by atoms with Crippen LogP contribution in [0.1, 0.15) is 12.5 Å². The summed E-state index contributed by atoms with van der Waals surface area (Å²) in [7, 11) is 1.70. The first kappa shape index (κ1) is 21.9. The molecular weight excluding hydrogens is 422 g/mol. The minimum Gasteiger partial charge on any atom is -0.492 e. The van der Waals surface area contributed by atoms with Crippen molar-refractivity contribution < 1.29 is 14.1 Å². The zero-order chi connectivity index (χ0) is 23.4. The van der Waals surface area contributed by atoms with Crippen molar-refractivity contribution in [1.82, 2.24) is 19.9 Å². The SMILES string of the molecule is CCOc1ccccc1NC(=O)Cn1nc(NC)c(-c2nc(-c3ccccc3C)no2)c1N. The number of hydrogen-bond acceptors (Lipinski definition) is 8. The Morgan fingerprint density at radius 1 is 1.18 bits per heavy atom. The number of amides is 1. The lowest BCUT2D eigenvalue weighted by Gasteiger charge is -2.11. The van der Waals surface area contributed by atoms with Crippen LogP contribution in [0.2, 0.25) is 0 Å². The van der Waals surface area contributed by atoms with E-state index < -0.39 is 0 Å². The number of ether oxygens (including phenoxy) is 1. The van der Waals surface area contributed by atoms with Crippen molar-refractivity contribution >= 4 is 23.2 Å². The van der Waals surface area contributed by atoms with Crippen molar-refractivity contribution in [2.24, 2.45) is 0 Å². The number of anilines is 3. The second kappa shape index (κ2) is 9.43. The number of nitrogens with zero attached hydrogens (tertiary/aromatic N) is 4. The van der Waals surface area contributed by atoms with E-state index in [1.807, 2.05) is 50.2 Å². The van der Waals surface area contributed by atoms with Gasteiger partial charge >= 0.3 is 0 Å². The van der Waals surface area contributed by atoms with Gasteiger partial charge in [0, 0.05) is 12.6 Å². The highest BCUT2D eigenvalue weighted by Gasteiger charge is 2.24. The van der Waals surface area contributed by atoms with Crippen LogP contribution in [0.5, 0.6) is 5.75 Å². The molecule has 1 amide bonds. The lowest BCUT2D eigenvalue weighted by atomic mass is 10.1. The highest BCUT2D eigenvalue weighted by molar-refractivity contribution is 5.93. The molecule has 0 fully saturated rings. The molecule has 4 N–H and O–H groups in total. The summed E-state index contributed by atoms with van der Waals surface area (Å²) < 4.78 is 12.4. The molecule has 0 atom stereocenters. The van der Waals surface area contributed by atoms with Gasteiger partial charge in [-0.05, 0) is 31.5 Å². The molecule has 2 aromatic heterocycles. The molecular formula is C23H25N7O3. The Balaban J connectivity index is 1.59. The number of carbonyl (C=O) groups excluding carboxylic acids is 1. The van der Waals surface area contributed by atoms with Gasteiger partial charge in [0.1, 0.15) is 23.7 Å². The van der Waals surface area contributed by atoms with Gasteiger partial charge in [-0.15, -0.1) is 0 Å². The average molecular weight is 447 g/mol. The van der Waals surface area contributed by atoms with Gasteiger partial charge in [0.15, 0.2) is 5.82 Å². The van der Waals surface area contributed by atoms with Crippen LogP contribution in [-0.4, -0.2) is 39.5 Å². The zero-order valence-electron chi connectivity index (χ0n) is 18.6. The second-order valence-electron chi connectivity index (χ2n) is 7.23. The first-order chi connectivity index (χ1) is 16.0. The van der Waals surface area contributed by atoms with Crippen LogP contribution in [0, 0.1) is 6.92 Å². The number of hydrogen-bond donors (Lipinski definition) is 3. The van der Waals surface area contributed by atoms with E-state index in [1.165, 1.54) is 4.68 Å². The van der Waals surface area contributed by atoms with E-state index >= 15 is 0 Å². The maximum absolute atomic E-state index is 12.7. The molecule has 4 aromatic rings. The molecule has 0 spiro atoms. The molecule has 0 saturated heterocycles. The van der Waals surface area contributed by atoms with Gasteiger partial charge in [0.05, 0.1) is 12.3 Å². The average Bonchev–Trinajstić information content (AvgIpc) is 3.40. The number of rotatable bonds is 8. The first-order valence-corrected chi connectivity index (χ1v) is 10.5. The molecule has 0 bridgehead atoms. The quantitative estimate of drug-likeness (QED) is 0.373. The fraction of sp³-hybridized carbons (Fsp3) is 0.217. The van der Waals surface area contributed by atoms with E-state index in [2.05, 4.69) is 25.9 Å². The third-order valence-corrected chi connectivity index (χ3v) is 5.01. The number of nitrogens with two attached hydrogens (primary N) is 1. The van der Waals surface area contributed by atoms with Crippen molar-refractivity contribution in [3.8, 4) is 28.6 Å². The Morgan fingerprint density at radius 2 is 1.94 bits per heavy atom. The molecule has 0 aliphatic heterocycles. The van der Waals surface area contributed by atoms with Crippen LogP contribution in [0.4, 0.5) is 17.3 Å². The van der Waals surface area contributed by atoms with Crippen molar-refractivity contribution in [2.45, 2.75) is 20.4 Å². The van der Waals surface area contributed by atoms with E-state index in [4.69, 9.17) is 15.0 Å². The molecule has 2 heterocycles. The topological polar surface area (TPSA) is 133 Å². The predicted molar refractivity (Wildman–Crippen MR) is 126 cm³/mol. The summed E-state index contributed by atoms with van der Waals surface area (Å²) in [6, 6.07) is 15.0. The molecule has 10 heteroatoms. The fourth-order valence-corrected chi connectivity index (χ4v) is 3.42. The third-order valence-electron chi connectivity index (χ3n) is 5.01. The number of aryl methyl sites for hydroxylation is 1. The normalized spacial score (nSPS) is 10.8. The van der Waals surface area contributed by atoms with Gasteiger partial charge in [-0.3, -0.25) is 4.79 Å². The molecule has 10 nitrogen and oxygen atoms in total. The number of nitrogens with one attached hydrogen (secondary N) is 2. The summed E-state index contributed by atoms with van der Waals surface area (Å²) in [5.74, 6) is 1.60. The Morgan fingerprint density at radius 3 is 2.70 bits per heavy atom. The van der Waals surface area contributed by atoms with E-state index in [0.717, 1.165) is 11.1 Å². The van der Waals surface area contributed by atoms with Crippen LogP contribution in [0.25, 0.3) is 22.8 Å². The van der Waals surface area contributed by atoms with Crippen LogP contribution >= 0.6 is 0 Å². The zero-order valence-corrected chi connectivity index (χ0v) is 18.6. The lowest BCUT2D eigenvalue weighted by Crippen LogP contribution is -2.21. The molecule has 4 rings (SSSR count). The standard InChI is InChI=1S/C23H25N7O3/c1-4-32-17-12-8-7-11-16(17)26-18(31)13-30-20(24)19(22(25-3)28-30)23-27-21(29-33-23)15-10-6-5-9-14(15)2/h5-12H,4,13,24H2,1-3H3,(H,25,28)(H,26,31). The van der Waals surface area contributed by atoms with Gasteiger partial charge in [-0.2, -0.15) is 10.1 Å². The Labute approximate surface area is 190 Å². The molecule has 170 valence electrons. The van der Waals surface area contributed by atoms with Crippen molar-refractivity contribution in [1.29, 1.82) is 0 Å². The lowest BCUT2D eigenvalue weighted by molar-refractivity contribution is -0.116. The first-order valence-electron chi connectivity index (χ1n) is 10.5. The Hall–Kier alpha value is -4.34. The monoisotopic (exact) mass is 447 g/mol. The van der Waals surface area contributed by atoms with Gasteiger partial charge in [-0.1, -0.05) is 41.6 Å². The maximum Gasteiger partial charge on any atom is 0.265 e. The van der Waals surface area contributed by atoms with E-state index in [1.54, 1.807) is 19.2 Å². The summed E-state index contributed by atoms with van der Waals surface area (Å²) in [6.07, 6.45) is 0. The number of nitrogen functional groups attached to an aromatic ring is 1. The minimum atomic E-state index is -0.309. The third kappa shape index (κ3) is 4.49. The second-order valence-corrected chi connectivity index (χ2v) is 7.23. The maximum atomic E-state index is 12.7. The Kier molecular flexibility index (Phi) is 6.25. The largest absolute Gasteiger partial charge is 0.492 e. The number of benzene rings is 2. The highest BCUT2D eigenvalue weighted by atomic mass is 16.5. The number of aromatic nitrogens is 4. The molecule has 2 aromatic carbocycles. The van der Waals surface area contributed by atoms with Crippen molar-refractivity contribution in [3.63, 3.8) is 0 Å². The van der Waals surface area contributed by atoms with Crippen molar-refractivity contribution in [3.05, 3.63) is 54.1 Å². The van der Waals surface area contributed by atoms with E-state index in [9.17, 15) is 4.79 Å². The fourth-order valence-electron chi connectivity index (χ4n) is 3.42. The van der Waals surface area contributed by atoms with E-state index in [0.29, 0.717) is 35.2 Å². The van der Waals surface area contributed by atoms with Crippen LogP contribution in [-0.2, 0) is 11.3 Å². The van der Waals surface area contributed by atoms with Gasteiger partial charge in [-0.25, -0.2) is 4.68 Å². The van der Waals surface area contributed by atoms with Crippen LogP contribution < -0.4 is 21.1 Å². The molecule has 33 heavy (non-hydrogen) atoms. The molecule has 0 radical (unpaired) electrons. The summed E-state index contributed by atoms with van der Waals surface area (Å²) >= 11 is 0. The summed E-state index contributed by atoms with van der Waals surface area (Å²) in [6.45, 7) is 4.23. The Bertz CT molecular complexity index is 1280.